The van der Waals surface area contributed by atoms with Crippen LogP contribution in [-0.4, -0.2) is 30.5 Å². The van der Waals surface area contributed by atoms with Gasteiger partial charge in [0, 0.05) is 45.2 Å². The minimum Gasteiger partial charge on any atom is -0.860 e. The monoisotopic (exact) mass is 852 g/mol. The van der Waals surface area contributed by atoms with Gasteiger partial charge in [-0.3, -0.25) is 19.2 Å². The molecule has 0 unspecified atom stereocenters. The average Bonchev–Trinajstić information content (AvgIpc) is 3.23. The summed E-state index contributed by atoms with van der Waals surface area (Å²) in [6, 6.07) is 33.9. The molecule has 7 rings (SSSR count). The van der Waals surface area contributed by atoms with Gasteiger partial charge >= 0.3 is 12.4 Å². The maximum Gasteiger partial charge on any atom is 0.416 e. The van der Waals surface area contributed by atoms with Crippen molar-refractivity contribution in [2.75, 3.05) is 0 Å². The molecule has 0 aliphatic carbocycles. The van der Waals surface area contributed by atoms with E-state index in [2.05, 4.69) is 4.65 Å². The van der Waals surface area contributed by atoms with Gasteiger partial charge in [-0.1, -0.05) is 84.9 Å². The van der Waals surface area contributed by atoms with Gasteiger partial charge in [0.2, 0.25) is 24.7 Å². The van der Waals surface area contributed by atoms with Gasteiger partial charge in [0.25, 0.3) is 0 Å². The van der Waals surface area contributed by atoms with Crippen LogP contribution < -0.4 is 23.8 Å². The van der Waals surface area contributed by atoms with Crippen LogP contribution in [0.5, 0.6) is 5.75 Å². The lowest BCUT2D eigenvalue weighted by Crippen LogP contribution is -2.50. The molecule has 0 amide bonds. The standard InChI is InChI=1S/2C19H16NO2.C8H3BF6O3/c2*1-14(21)15-6-8-17(9-7-15)19(22)13-20-11-10-16-4-2-3-5-18(16)12-20;10-7(11,12)4-1-5(8(13,14)15)3-6(2-4)18-9(16)17/h2*2-12H,13H2,1H3;1-3H/q2*+1;-2. The molecule has 0 spiro atoms. The topological polar surface area (TPSA) is 131 Å². The molecule has 0 saturated carbocycles. The number of Topliss-reactive ketones (excluding diaryl/α,β-unsaturated/α-hetero) is 4. The third-order valence-corrected chi connectivity index (χ3v) is 9.17. The highest BCUT2D eigenvalue weighted by molar-refractivity contribution is 6.29. The Bertz CT molecular complexity index is 2540. The van der Waals surface area contributed by atoms with Crippen LogP contribution in [0.25, 0.3) is 21.5 Å². The number of ketones is 4. The molecule has 0 atom stereocenters. The van der Waals surface area contributed by atoms with Crippen molar-refractivity contribution in [3.05, 3.63) is 186 Å². The number of carbonyl (C=O) groups excluding carboxylic acids is 4. The first-order valence-electron chi connectivity index (χ1n) is 18.6. The molecule has 5 aromatic carbocycles. The molecule has 0 saturated heterocycles. The Balaban J connectivity index is 0.000000177. The summed E-state index contributed by atoms with van der Waals surface area (Å²) in [5, 5.41) is 24.7. The fourth-order valence-electron chi connectivity index (χ4n) is 5.95. The second-order valence-electron chi connectivity index (χ2n) is 13.8. The number of benzene rings is 5. The highest BCUT2D eigenvalue weighted by Crippen LogP contribution is 2.38. The Hall–Kier alpha value is -7.04. The summed E-state index contributed by atoms with van der Waals surface area (Å²) < 4.78 is 81.3. The zero-order valence-electron chi connectivity index (χ0n) is 32.9. The van der Waals surface area contributed by atoms with E-state index in [0.29, 0.717) is 22.3 Å². The Kier molecular flexibility index (Phi) is 14.9. The smallest absolute Gasteiger partial charge is 0.416 e. The number of hydrogen-bond donors (Lipinski definition) is 0. The predicted molar refractivity (Wildman–Crippen MR) is 213 cm³/mol. The molecule has 0 aliphatic rings. The number of halogens is 6. The van der Waals surface area contributed by atoms with Gasteiger partial charge in [0.1, 0.15) is 7.32 Å². The van der Waals surface area contributed by atoms with E-state index in [-0.39, 0.29) is 54.4 Å². The van der Waals surface area contributed by atoms with E-state index in [9.17, 15) is 55.6 Å². The normalized spacial score (nSPS) is 11.1. The van der Waals surface area contributed by atoms with E-state index in [0.717, 1.165) is 21.5 Å². The number of pyridine rings is 2. The Morgan fingerprint density at radius 1 is 0.516 bits per heavy atom. The summed E-state index contributed by atoms with van der Waals surface area (Å²) in [5.41, 5.74) is -0.845. The molecule has 7 aromatic rings. The zero-order chi connectivity index (χ0) is 45.2. The third-order valence-electron chi connectivity index (χ3n) is 9.17. The molecule has 2 aromatic heterocycles. The lowest BCUT2D eigenvalue weighted by molar-refractivity contribution is -0.681. The summed E-state index contributed by atoms with van der Waals surface area (Å²) >= 11 is 0. The summed E-state index contributed by atoms with van der Waals surface area (Å²) in [5.74, 6) is -1.02. The molecule has 9 nitrogen and oxygen atoms in total. The third kappa shape index (κ3) is 13.0. The number of hydrogen-bond acceptors (Lipinski definition) is 7. The quantitative estimate of drug-likeness (QED) is 0.0614. The predicted octanol–water partition coefficient (Wildman–Crippen LogP) is 7.23. The molecule has 0 radical (unpaired) electrons. The van der Waals surface area contributed by atoms with Crippen molar-refractivity contribution in [3.8, 4) is 5.75 Å². The number of nitrogens with zero attached hydrogens (tertiary/aromatic N) is 2. The van der Waals surface area contributed by atoms with Gasteiger partial charge in [0.15, 0.2) is 36.4 Å². The van der Waals surface area contributed by atoms with Crippen LogP contribution >= 0.6 is 0 Å². The van der Waals surface area contributed by atoms with Crippen LogP contribution in [0.3, 0.4) is 0 Å². The highest BCUT2D eigenvalue weighted by Gasteiger charge is 2.37. The van der Waals surface area contributed by atoms with E-state index >= 15 is 0 Å². The Labute approximate surface area is 351 Å². The second kappa shape index (κ2) is 20.0. The van der Waals surface area contributed by atoms with E-state index in [1.807, 2.05) is 94.6 Å². The van der Waals surface area contributed by atoms with Crippen LogP contribution in [0.15, 0.2) is 152 Å². The minimum atomic E-state index is -5.05. The largest absolute Gasteiger partial charge is 0.860 e. The SMILES string of the molecule is CC(=O)c1ccc(C(=O)C[n+]2ccc3ccccc3c2)cc1.CC(=O)c1ccc(C(=O)C[n+]2ccc3ccccc3c2)cc1.[O-]B([O-])Oc1cc(C(F)(F)F)cc(C(F)(F)F)c1. The molecule has 16 heteroatoms. The maximum absolute atomic E-state index is 12.3. The van der Waals surface area contributed by atoms with Gasteiger partial charge in [-0.15, -0.1) is 0 Å². The fraction of sp³-hybridized carbons (Fsp3) is 0.130. The first-order valence-corrected chi connectivity index (χ1v) is 18.6. The molecule has 0 fully saturated rings. The Morgan fingerprint density at radius 2 is 0.855 bits per heavy atom. The molecule has 0 bridgehead atoms. The average molecular weight is 853 g/mol. The van der Waals surface area contributed by atoms with Crippen LogP contribution in [0.1, 0.15) is 66.4 Å². The second-order valence-corrected chi connectivity index (χ2v) is 13.8. The van der Waals surface area contributed by atoms with E-state index in [4.69, 9.17) is 0 Å². The molecule has 62 heavy (non-hydrogen) atoms. The number of alkyl halides is 6. The van der Waals surface area contributed by atoms with Crippen molar-refractivity contribution in [2.24, 2.45) is 0 Å². The number of aromatic nitrogens is 2. The van der Waals surface area contributed by atoms with E-state index < -0.39 is 36.6 Å². The lowest BCUT2D eigenvalue weighted by Gasteiger charge is -2.27. The maximum atomic E-state index is 12.3. The first-order chi connectivity index (χ1) is 29.3. The summed E-state index contributed by atoms with van der Waals surface area (Å²) in [4.78, 5) is 47.2. The molecule has 316 valence electrons. The van der Waals surface area contributed by atoms with Gasteiger partial charge < -0.3 is 14.7 Å². The molecular weight excluding hydrogens is 817 g/mol. The van der Waals surface area contributed by atoms with Crippen molar-refractivity contribution < 1.29 is 69.4 Å². The van der Waals surface area contributed by atoms with Gasteiger partial charge in [-0.25, -0.2) is 0 Å². The fourth-order valence-corrected chi connectivity index (χ4v) is 5.95. The summed E-state index contributed by atoms with van der Waals surface area (Å²) in [6.07, 6.45) is -2.36. The zero-order valence-corrected chi connectivity index (χ0v) is 32.9. The summed E-state index contributed by atoms with van der Waals surface area (Å²) in [7, 11) is -3.02. The van der Waals surface area contributed by atoms with Crippen LogP contribution in [0, 0.1) is 0 Å². The van der Waals surface area contributed by atoms with Crippen LogP contribution in [-0.2, 0) is 25.4 Å². The molecule has 0 aliphatic heterocycles. The van der Waals surface area contributed by atoms with E-state index in [1.54, 1.807) is 48.5 Å². The van der Waals surface area contributed by atoms with Crippen molar-refractivity contribution in [1.82, 2.24) is 0 Å². The van der Waals surface area contributed by atoms with Crippen molar-refractivity contribution in [3.63, 3.8) is 0 Å². The van der Waals surface area contributed by atoms with Gasteiger partial charge in [-0.2, -0.15) is 35.5 Å². The number of carbonyl (C=O) groups is 4. The van der Waals surface area contributed by atoms with Gasteiger partial charge in [-0.05, 0) is 55.0 Å². The van der Waals surface area contributed by atoms with Crippen molar-refractivity contribution in [2.45, 2.75) is 39.3 Å². The van der Waals surface area contributed by atoms with Gasteiger partial charge in [0.05, 0.1) is 16.9 Å². The molecular formula is C46H35BF6N2O7. The van der Waals surface area contributed by atoms with E-state index in [1.165, 1.54) is 13.8 Å². The lowest BCUT2D eigenvalue weighted by atomic mass is 10.1. The first kappa shape index (κ1) is 46.0. The van der Waals surface area contributed by atoms with Crippen molar-refractivity contribution in [1.29, 1.82) is 0 Å². The van der Waals surface area contributed by atoms with Crippen LogP contribution in [0.4, 0.5) is 26.3 Å². The minimum absolute atomic E-state index is 0.00269. The van der Waals surface area contributed by atoms with Crippen LogP contribution in [0.2, 0.25) is 0 Å². The molecule has 2 heterocycles. The molecule has 0 N–H and O–H groups in total. The van der Waals surface area contributed by atoms with Crippen molar-refractivity contribution >= 4 is 52.0 Å². The number of fused-ring (bicyclic) bond motifs is 2. The highest BCUT2D eigenvalue weighted by atomic mass is 19.4. The number of rotatable bonds is 10. The Morgan fingerprint density at radius 3 is 1.18 bits per heavy atom. The summed E-state index contributed by atoms with van der Waals surface area (Å²) in [6.45, 7) is 3.60.